The number of nitro groups is 1. The van der Waals surface area contributed by atoms with Crippen molar-refractivity contribution in [3.63, 3.8) is 0 Å². The maximum absolute atomic E-state index is 14.1. The van der Waals surface area contributed by atoms with Gasteiger partial charge < -0.3 is 13.9 Å². The quantitative estimate of drug-likeness (QED) is 0.136. The first-order valence-electron chi connectivity index (χ1n) is 13.6. The van der Waals surface area contributed by atoms with E-state index in [0.29, 0.717) is 49.0 Å². The standard InChI is InChI=1S/C33H25N3O7S/c1-3-42-32(38)28-29(20-9-5-4-6-10-20)34-33-35(30(28)22-12-8-14-24(18-22)41-2)31(37)27(44-33)19-25-15-16-26(43-25)21-11-7-13-23(17-21)36(39)40/h4-19,30H,3H2,1-2H3/b27-19-/t30-/m1/s1. The Kier molecular flexibility index (Phi) is 7.78. The molecule has 3 aromatic carbocycles. The molecule has 0 amide bonds. The number of hydrogen-bond donors (Lipinski definition) is 0. The summed E-state index contributed by atoms with van der Waals surface area (Å²) < 4.78 is 18.8. The maximum Gasteiger partial charge on any atom is 0.338 e. The van der Waals surface area contributed by atoms with Gasteiger partial charge in [-0.2, -0.15) is 0 Å². The first-order valence-corrected chi connectivity index (χ1v) is 14.5. The number of rotatable bonds is 8. The predicted molar refractivity (Wildman–Crippen MR) is 165 cm³/mol. The molecule has 2 aromatic heterocycles. The van der Waals surface area contributed by atoms with Crippen LogP contribution in [0.2, 0.25) is 0 Å². The minimum atomic E-state index is -0.852. The van der Waals surface area contributed by atoms with Crippen molar-refractivity contribution in [2.24, 2.45) is 4.99 Å². The molecule has 0 bridgehead atoms. The van der Waals surface area contributed by atoms with Crippen LogP contribution in [0, 0.1) is 10.1 Å². The highest BCUT2D eigenvalue weighted by Gasteiger charge is 2.35. The minimum absolute atomic E-state index is 0.0575. The van der Waals surface area contributed by atoms with Gasteiger partial charge in [0, 0.05) is 29.3 Å². The largest absolute Gasteiger partial charge is 0.497 e. The van der Waals surface area contributed by atoms with Gasteiger partial charge in [-0.15, -0.1) is 0 Å². The van der Waals surface area contributed by atoms with E-state index in [1.165, 1.54) is 16.7 Å². The first kappa shape index (κ1) is 28.6. The van der Waals surface area contributed by atoms with Crippen LogP contribution in [0.3, 0.4) is 0 Å². The molecule has 44 heavy (non-hydrogen) atoms. The number of hydrogen-bond acceptors (Lipinski definition) is 9. The molecular formula is C33H25N3O7S. The number of nitro benzene ring substituents is 1. The van der Waals surface area contributed by atoms with E-state index >= 15 is 0 Å². The Morgan fingerprint density at radius 1 is 1.05 bits per heavy atom. The summed E-state index contributed by atoms with van der Waals surface area (Å²) in [6.45, 7) is 1.87. The SMILES string of the molecule is CCOC(=O)C1=C(c2ccccc2)N=c2s/c(=C\c3ccc(-c4cccc([N+](=O)[O-])c4)o3)c(=O)n2[C@@H]1c1cccc(OC)c1. The molecule has 0 aliphatic carbocycles. The molecule has 11 heteroatoms. The fourth-order valence-corrected chi connectivity index (χ4v) is 6.04. The van der Waals surface area contributed by atoms with Crippen molar-refractivity contribution in [1.82, 2.24) is 4.57 Å². The van der Waals surface area contributed by atoms with Gasteiger partial charge in [0.25, 0.3) is 11.2 Å². The number of nitrogens with zero attached hydrogens (tertiary/aromatic N) is 3. The Hall–Kier alpha value is -5.55. The van der Waals surface area contributed by atoms with Gasteiger partial charge in [-0.05, 0) is 36.8 Å². The number of ether oxygens (including phenoxy) is 2. The Labute approximate surface area is 254 Å². The molecule has 0 unspecified atom stereocenters. The van der Waals surface area contributed by atoms with Crippen LogP contribution < -0.4 is 19.6 Å². The van der Waals surface area contributed by atoms with E-state index in [1.807, 2.05) is 36.4 Å². The Bertz CT molecular complexity index is 2110. The Balaban J connectivity index is 1.55. The summed E-state index contributed by atoms with van der Waals surface area (Å²) in [5.41, 5.74) is 2.10. The van der Waals surface area contributed by atoms with E-state index in [-0.39, 0.29) is 23.4 Å². The molecule has 1 aliphatic heterocycles. The fourth-order valence-electron chi connectivity index (χ4n) is 5.05. The fraction of sp³-hybridized carbons (Fsp3) is 0.121. The van der Waals surface area contributed by atoms with Gasteiger partial charge >= 0.3 is 5.97 Å². The van der Waals surface area contributed by atoms with E-state index < -0.39 is 16.9 Å². The minimum Gasteiger partial charge on any atom is -0.497 e. The van der Waals surface area contributed by atoms with Crippen LogP contribution in [0.25, 0.3) is 23.1 Å². The van der Waals surface area contributed by atoms with Gasteiger partial charge in [0.15, 0.2) is 4.80 Å². The zero-order valence-corrected chi connectivity index (χ0v) is 24.4. The highest BCUT2D eigenvalue weighted by atomic mass is 32.1. The monoisotopic (exact) mass is 607 g/mol. The third kappa shape index (κ3) is 5.36. The highest BCUT2D eigenvalue weighted by molar-refractivity contribution is 7.07. The zero-order chi connectivity index (χ0) is 30.8. The van der Waals surface area contributed by atoms with Crippen LogP contribution >= 0.6 is 11.3 Å². The van der Waals surface area contributed by atoms with Gasteiger partial charge in [0.2, 0.25) is 0 Å². The normalized spacial score (nSPS) is 14.6. The molecule has 0 radical (unpaired) electrons. The van der Waals surface area contributed by atoms with Crippen molar-refractivity contribution in [3.8, 4) is 17.1 Å². The topological polar surface area (TPSA) is 126 Å². The molecule has 6 rings (SSSR count). The second-order valence-corrected chi connectivity index (χ2v) is 10.7. The first-order chi connectivity index (χ1) is 21.4. The smallest absolute Gasteiger partial charge is 0.338 e. The Morgan fingerprint density at radius 2 is 1.82 bits per heavy atom. The van der Waals surface area contributed by atoms with Gasteiger partial charge in [-0.25, -0.2) is 9.79 Å². The van der Waals surface area contributed by atoms with Crippen LogP contribution in [0.1, 0.15) is 29.9 Å². The number of carbonyl (C=O) groups is 1. The maximum atomic E-state index is 14.1. The number of benzene rings is 3. The molecule has 0 saturated carbocycles. The van der Waals surface area contributed by atoms with E-state index in [2.05, 4.69) is 0 Å². The summed E-state index contributed by atoms with van der Waals surface area (Å²) in [5, 5.41) is 11.2. The lowest BCUT2D eigenvalue weighted by molar-refractivity contribution is -0.384. The molecule has 3 heterocycles. The average molecular weight is 608 g/mol. The third-order valence-corrected chi connectivity index (χ3v) is 8.01. The van der Waals surface area contributed by atoms with Gasteiger partial charge in [-0.1, -0.05) is 65.9 Å². The van der Waals surface area contributed by atoms with Gasteiger partial charge in [-0.3, -0.25) is 19.5 Å². The molecular weight excluding hydrogens is 582 g/mol. The number of thiazole rings is 1. The van der Waals surface area contributed by atoms with Crippen LogP contribution in [0.4, 0.5) is 5.69 Å². The lowest BCUT2D eigenvalue weighted by Crippen LogP contribution is -2.40. The molecule has 1 aliphatic rings. The van der Waals surface area contributed by atoms with Crippen molar-refractivity contribution < 1.29 is 23.6 Å². The van der Waals surface area contributed by atoms with Gasteiger partial charge in [0.1, 0.15) is 17.3 Å². The molecule has 1 atom stereocenters. The Morgan fingerprint density at radius 3 is 2.57 bits per heavy atom. The van der Waals surface area contributed by atoms with Crippen LogP contribution in [-0.4, -0.2) is 29.2 Å². The molecule has 0 N–H and O–H groups in total. The van der Waals surface area contributed by atoms with Crippen molar-refractivity contribution in [2.75, 3.05) is 13.7 Å². The summed E-state index contributed by atoms with van der Waals surface area (Å²) in [6.07, 6.45) is 1.60. The summed E-state index contributed by atoms with van der Waals surface area (Å²) in [7, 11) is 1.55. The van der Waals surface area contributed by atoms with E-state index in [9.17, 15) is 19.7 Å². The summed E-state index contributed by atoms with van der Waals surface area (Å²) in [6, 6.07) is 25.1. The van der Waals surface area contributed by atoms with E-state index in [0.717, 1.165) is 11.3 Å². The number of carbonyl (C=O) groups excluding carboxylic acids is 1. The number of furan rings is 1. The number of aromatic nitrogens is 1. The lowest BCUT2D eigenvalue weighted by Gasteiger charge is -2.26. The summed E-state index contributed by atoms with van der Waals surface area (Å²) in [4.78, 5) is 43.7. The second kappa shape index (κ2) is 12.0. The molecule has 0 saturated heterocycles. The zero-order valence-electron chi connectivity index (χ0n) is 23.6. The van der Waals surface area contributed by atoms with Crippen molar-refractivity contribution in [1.29, 1.82) is 0 Å². The van der Waals surface area contributed by atoms with Crippen molar-refractivity contribution in [2.45, 2.75) is 13.0 Å². The average Bonchev–Trinajstić information content (AvgIpc) is 3.64. The third-order valence-electron chi connectivity index (χ3n) is 7.02. The van der Waals surface area contributed by atoms with Crippen molar-refractivity contribution >= 4 is 34.8 Å². The van der Waals surface area contributed by atoms with Gasteiger partial charge in [0.05, 0.1) is 40.5 Å². The van der Waals surface area contributed by atoms with E-state index in [1.54, 1.807) is 62.6 Å². The van der Waals surface area contributed by atoms with Crippen LogP contribution in [0.5, 0.6) is 5.75 Å². The van der Waals surface area contributed by atoms with Crippen LogP contribution in [0.15, 0.2) is 111 Å². The summed E-state index contributed by atoms with van der Waals surface area (Å²) >= 11 is 1.16. The molecule has 10 nitrogen and oxygen atoms in total. The number of esters is 1. The number of non-ortho nitro benzene ring substituents is 1. The van der Waals surface area contributed by atoms with Crippen LogP contribution in [-0.2, 0) is 9.53 Å². The molecule has 5 aromatic rings. The number of fused-ring (bicyclic) bond motifs is 1. The second-order valence-electron chi connectivity index (χ2n) is 9.72. The van der Waals surface area contributed by atoms with Crippen molar-refractivity contribution in [3.05, 3.63) is 143 Å². The molecule has 0 fully saturated rings. The lowest BCUT2D eigenvalue weighted by atomic mass is 9.93. The highest BCUT2D eigenvalue weighted by Crippen LogP contribution is 2.36. The van der Waals surface area contributed by atoms with E-state index in [4.69, 9.17) is 18.9 Å². The predicted octanol–water partition coefficient (Wildman–Crippen LogP) is 5.11. The number of methoxy groups -OCH3 is 1. The summed E-state index contributed by atoms with van der Waals surface area (Å²) in [5.74, 6) is 0.778. The molecule has 0 spiro atoms. The molecule has 220 valence electrons.